The van der Waals surface area contributed by atoms with Crippen molar-refractivity contribution in [3.05, 3.63) is 47.5 Å². The first-order valence-corrected chi connectivity index (χ1v) is 5.18. The van der Waals surface area contributed by atoms with Crippen LogP contribution in [0.4, 0.5) is 0 Å². The third-order valence-corrected chi connectivity index (χ3v) is 2.79. The van der Waals surface area contributed by atoms with E-state index in [0.29, 0.717) is 5.92 Å². The maximum absolute atomic E-state index is 2.30. The van der Waals surface area contributed by atoms with Gasteiger partial charge in [-0.15, -0.1) is 0 Å². The van der Waals surface area contributed by atoms with Crippen LogP contribution in [0.15, 0.2) is 36.4 Å². The van der Waals surface area contributed by atoms with Crippen molar-refractivity contribution in [1.29, 1.82) is 0 Å². The number of aryl methyl sites for hydroxylation is 1. The summed E-state index contributed by atoms with van der Waals surface area (Å²) < 4.78 is 0. The third-order valence-electron chi connectivity index (χ3n) is 2.79. The van der Waals surface area contributed by atoms with Crippen molar-refractivity contribution in [3.8, 4) is 0 Å². The second-order valence-electron chi connectivity index (χ2n) is 4.21. The molecule has 0 aliphatic heterocycles. The van der Waals surface area contributed by atoms with E-state index < -0.39 is 0 Å². The molecular weight excluding hydrogens is 180 g/mol. The van der Waals surface area contributed by atoms with Gasteiger partial charge in [-0.2, -0.15) is 0 Å². The van der Waals surface area contributed by atoms with E-state index >= 15 is 0 Å². The summed E-state index contributed by atoms with van der Waals surface area (Å²) in [4.78, 5) is 0. The standard InChI is InChI=1S/C14H16.CH4/c1-10(2)12-7-8-14-11(3)5-4-6-13(14)9-12;/h4-10H,1-3H3;1H4. The van der Waals surface area contributed by atoms with Gasteiger partial charge in [-0.05, 0) is 34.7 Å². The van der Waals surface area contributed by atoms with Gasteiger partial charge in [0.25, 0.3) is 0 Å². The second kappa shape index (κ2) is 4.48. The van der Waals surface area contributed by atoms with Crippen LogP contribution in [-0.2, 0) is 0 Å². The van der Waals surface area contributed by atoms with Gasteiger partial charge in [0.05, 0.1) is 0 Å². The van der Waals surface area contributed by atoms with Crippen molar-refractivity contribution in [3.63, 3.8) is 0 Å². The molecule has 15 heavy (non-hydrogen) atoms. The highest BCUT2D eigenvalue weighted by Crippen LogP contribution is 2.23. The maximum Gasteiger partial charge on any atom is -0.0155 e. The summed E-state index contributed by atoms with van der Waals surface area (Å²) in [7, 11) is 0. The molecule has 0 unspecified atom stereocenters. The zero-order valence-electron chi connectivity index (χ0n) is 9.04. The monoisotopic (exact) mass is 200 g/mol. The van der Waals surface area contributed by atoms with Crippen LogP contribution in [-0.4, -0.2) is 0 Å². The molecule has 0 saturated carbocycles. The number of fused-ring (bicyclic) bond motifs is 1. The van der Waals surface area contributed by atoms with Gasteiger partial charge in [-0.3, -0.25) is 0 Å². The lowest BCUT2D eigenvalue weighted by molar-refractivity contribution is 0.869. The first kappa shape index (κ1) is 11.8. The summed E-state index contributed by atoms with van der Waals surface area (Å²) in [5.41, 5.74) is 2.78. The van der Waals surface area contributed by atoms with Crippen LogP contribution in [0.2, 0.25) is 0 Å². The molecule has 0 bridgehead atoms. The third kappa shape index (κ3) is 2.20. The Bertz CT molecular complexity index is 453. The Morgan fingerprint density at radius 2 is 1.73 bits per heavy atom. The molecule has 80 valence electrons. The molecule has 0 amide bonds. The van der Waals surface area contributed by atoms with Crippen molar-refractivity contribution in [2.75, 3.05) is 0 Å². The number of hydrogen-bond donors (Lipinski definition) is 0. The quantitative estimate of drug-likeness (QED) is 0.613. The molecule has 0 radical (unpaired) electrons. The molecule has 0 fully saturated rings. The van der Waals surface area contributed by atoms with Crippen molar-refractivity contribution in [1.82, 2.24) is 0 Å². The Balaban J connectivity index is 0.00000112. The van der Waals surface area contributed by atoms with Crippen molar-refractivity contribution < 1.29 is 0 Å². The lowest BCUT2D eigenvalue weighted by Gasteiger charge is -2.08. The van der Waals surface area contributed by atoms with E-state index in [1.807, 2.05) is 0 Å². The van der Waals surface area contributed by atoms with E-state index in [-0.39, 0.29) is 7.43 Å². The lowest BCUT2D eigenvalue weighted by atomic mass is 9.97. The van der Waals surface area contributed by atoms with Crippen LogP contribution >= 0.6 is 0 Å². The van der Waals surface area contributed by atoms with Gasteiger partial charge in [-0.25, -0.2) is 0 Å². The Hall–Kier alpha value is -1.30. The van der Waals surface area contributed by atoms with Gasteiger partial charge >= 0.3 is 0 Å². The zero-order valence-corrected chi connectivity index (χ0v) is 9.04. The van der Waals surface area contributed by atoms with Gasteiger partial charge < -0.3 is 0 Å². The molecule has 0 saturated heterocycles. The fourth-order valence-electron chi connectivity index (χ4n) is 1.82. The summed E-state index contributed by atoms with van der Waals surface area (Å²) in [5, 5.41) is 2.73. The van der Waals surface area contributed by atoms with Crippen molar-refractivity contribution in [2.45, 2.75) is 34.1 Å². The highest BCUT2D eigenvalue weighted by molar-refractivity contribution is 5.86. The minimum atomic E-state index is 0. The molecule has 0 heterocycles. The average Bonchev–Trinajstić information content (AvgIpc) is 2.17. The Labute approximate surface area is 92.9 Å². The van der Waals surface area contributed by atoms with Crippen LogP contribution < -0.4 is 0 Å². The van der Waals surface area contributed by atoms with Crippen LogP contribution in [0.3, 0.4) is 0 Å². The van der Waals surface area contributed by atoms with Gasteiger partial charge in [0.2, 0.25) is 0 Å². The maximum atomic E-state index is 2.30. The number of rotatable bonds is 1. The molecule has 0 spiro atoms. The molecule has 0 heteroatoms. The summed E-state index contributed by atoms with van der Waals surface area (Å²) in [6.07, 6.45) is 0. The molecule has 0 aromatic heterocycles. The van der Waals surface area contributed by atoms with Crippen LogP contribution in [0, 0.1) is 6.92 Å². The summed E-state index contributed by atoms with van der Waals surface area (Å²) in [6, 6.07) is 13.3. The van der Waals surface area contributed by atoms with Gasteiger partial charge in [0, 0.05) is 0 Å². The summed E-state index contributed by atoms with van der Waals surface area (Å²) >= 11 is 0. The van der Waals surface area contributed by atoms with Gasteiger partial charge in [0.1, 0.15) is 0 Å². The SMILES string of the molecule is C.Cc1cccc2cc(C(C)C)ccc12. The normalized spacial score (nSPS) is 10.4. The van der Waals surface area contributed by atoms with E-state index in [1.165, 1.54) is 21.9 Å². The second-order valence-corrected chi connectivity index (χ2v) is 4.21. The molecular formula is C15H20. The molecule has 2 aromatic rings. The fraction of sp³-hybridized carbons (Fsp3) is 0.333. The predicted octanol–water partition coefficient (Wildman–Crippen LogP) is 4.91. The topological polar surface area (TPSA) is 0 Å². The predicted molar refractivity (Wildman–Crippen MR) is 69.5 cm³/mol. The highest BCUT2D eigenvalue weighted by atomic mass is 14.1. The molecule has 0 aliphatic rings. The van der Waals surface area contributed by atoms with E-state index in [4.69, 9.17) is 0 Å². The van der Waals surface area contributed by atoms with Crippen molar-refractivity contribution >= 4 is 10.8 Å². The smallest absolute Gasteiger partial charge is 0.0155 e. The lowest BCUT2D eigenvalue weighted by Crippen LogP contribution is -1.87. The fourth-order valence-corrected chi connectivity index (χ4v) is 1.82. The molecule has 0 aliphatic carbocycles. The van der Waals surface area contributed by atoms with Crippen LogP contribution in [0.5, 0.6) is 0 Å². The minimum absolute atomic E-state index is 0. The molecule has 2 aromatic carbocycles. The van der Waals surface area contributed by atoms with Crippen LogP contribution in [0.1, 0.15) is 38.3 Å². The molecule has 0 nitrogen and oxygen atoms in total. The van der Waals surface area contributed by atoms with Gasteiger partial charge in [-0.1, -0.05) is 57.7 Å². The largest absolute Gasteiger partial charge is 0.0776 e. The Morgan fingerprint density at radius 3 is 2.40 bits per heavy atom. The highest BCUT2D eigenvalue weighted by Gasteiger charge is 2.01. The first-order chi connectivity index (χ1) is 6.68. The Morgan fingerprint density at radius 1 is 1.00 bits per heavy atom. The molecule has 0 N–H and O–H groups in total. The molecule has 0 atom stereocenters. The van der Waals surface area contributed by atoms with E-state index in [2.05, 4.69) is 57.2 Å². The van der Waals surface area contributed by atoms with Crippen LogP contribution in [0.25, 0.3) is 10.8 Å². The molecule has 2 rings (SSSR count). The summed E-state index contributed by atoms with van der Waals surface area (Å²) in [6.45, 7) is 6.63. The summed E-state index contributed by atoms with van der Waals surface area (Å²) in [5.74, 6) is 0.611. The van der Waals surface area contributed by atoms with Gasteiger partial charge in [0.15, 0.2) is 0 Å². The first-order valence-electron chi connectivity index (χ1n) is 5.18. The van der Waals surface area contributed by atoms with E-state index in [0.717, 1.165) is 0 Å². The minimum Gasteiger partial charge on any atom is -0.0776 e. The number of hydrogen-bond acceptors (Lipinski definition) is 0. The average molecular weight is 200 g/mol. The Kier molecular flexibility index (Phi) is 3.52. The van der Waals surface area contributed by atoms with Crippen molar-refractivity contribution in [2.24, 2.45) is 0 Å². The van der Waals surface area contributed by atoms with E-state index in [1.54, 1.807) is 0 Å². The number of benzene rings is 2. The zero-order chi connectivity index (χ0) is 10.1. The van der Waals surface area contributed by atoms with E-state index in [9.17, 15) is 0 Å².